The minimum absolute atomic E-state index is 0.226. The Bertz CT molecular complexity index is 1650. The van der Waals surface area contributed by atoms with Crippen LogP contribution in [0, 0.1) is 0 Å². The Hall–Kier alpha value is -5.22. The molecule has 0 spiro atoms. The third-order valence-electron chi connectivity index (χ3n) is 6.48. The predicted octanol–water partition coefficient (Wildman–Crippen LogP) is 6.19. The molecule has 214 valence electrons. The number of carbonyl (C=O) groups excluding carboxylic acids is 1. The fraction of sp³-hybridized carbons (Fsp3) is 0.188. The van der Waals surface area contributed by atoms with E-state index in [9.17, 15) is 4.79 Å². The molecule has 0 atom stereocenters. The molecule has 42 heavy (non-hydrogen) atoms. The molecule has 5 N–H and O–H groups in total. The van der Waals surface area contributed by atoms with Gasteiger partial charge in [0.05, 0.1) is 24.3 Å². The second-order valence-corrected chi connectivity index (χ2v) is 9.67. The molecule has 0 fully saturated rings. The lowest BCUT2D eigenvalue weighted by atomic mass is 10.1. The normalized spacial score (nSPS) is 11.2. The Morgan fingerprint density at radius 1 is 1.00 bits per heavy atom. The second kappa shape index (κ2) is 13.9. The van der Waals surface area contributed by atoms with Gasteiger partial charge in [0, 0.05) is 18.3 Å². The van der Waals surface area contributed by atoms with Crippen molar-refractivity contribution in [3.05, 3.63) is 102 Å². The van der Waals surface area contributed by atoms with Crippen molar-refractivity contribution in [2.24, 2.45) is 0 Å². The topological polar surface area (TPSA) is 132 Å². The number of nitrogens with two attached hydrogens (primary N) is 1. The minimum atomic E-state index is -0.248. The van der Waals surface area contributed by atoms with Crippen molar-refractivity contribution >= 4 is 52.0 Å². The van der Waals surface area contributed by atoms with Crippen LogP contribution in [0.1, 0.15) is 30.9 Å². The summed E-state index contributed by atoms with van der Waals surface area (Å²) in [6.07, 6.45) is 7.16. The monoisotopic (exact) mass is 562 g/mol. The zero-order valence-electron chi connectivity index (χ0n) is 23.5. The number of amides is 1. The van der Waals surface area contributed by atoms with Gasteiger partial charge in [-0.3, -0.25) is 4.79 Å². The molecular weight excluding hydrogens is 528 g/mol. The van der Waals surface area contributed by atoms with Crippen molar-refractivity contribution in [1.29, 1.82) is 0 Å². The number of hydrogen-bond donors (Lipinski definition) is 4. The van der Waals surface area contributed by atoms with Gasteiger partial charge < -0.3 is 31.0 Å². The van der Waals surface area contributed by atoms with Gasteiger partial charge in [-0.05, 0) is 47.9 Å². The fourth-order valence-corrected chi connectivity index (χ4v) is 4.23. The quantitative estimate of drug-likeness (QED) is 0.0578. The largest absolute Gasteiger partial charge is 0.397 e. The first-order chi connectivity index (χ1) is 20.6. The molecule has 0 aliphatic carbocycles. The van der Waals surface area contributed by atoms with Crippen molar-refractivity contribution in [3.63, 3.8) is 0 Å². The van der Waals surface area contributed by atoms with Gasteiger partial charge in [0.1, 0.15) is 6.73 Å². The second-order valence-electron chi connectivity index (χ2n) is 9.67. The summed E-state index contributed by atoms with van der Waals surface area (Å²) in [5, 5.41) is 9.33. The molecular formula is C32H34N8O2. The maximum atomic E-state index is 12.2. The smallest absolute Gasteiger partial charge is 0.248 e. The molecule has 0 bridgehead atoms. The number of fused-ring (bicyclic) bond motifs is 1. The van der Waals surface area contributed by atoms with Crippen molar-refractivity contribution in [2.75, 3.05) is 28.4 Å². The number of hydrogen-bond acceptors (Lipinski definition) is 8. The highest BCUT2D eigenvalue weighted by Gasteiger charge is 2.14. The van der Waals surface area contributed by atoms with E-state index < -0.39 is 0 Å². The van der Waals surface area contributed by atoms with E-state index in [0.717, 1.165) is 47.4 Å². The number of ether oxygens (including phenoxy) is 1. The highest BCUT2D eigenvalue weighted by Crippen LogP contribution is 2.24. The van der Waals surface area contributed by atoms with Crippen molar-refractivity contribution in [3.8, 4) is 0 Å². The van der Waals surface area contributed by atoms with Gasteiger partial charge in [0.25, 0.3) is 0 Å². The summed E-state index contributed by atoms with van der Waals surface area (Å²) in [5.74, 6) is 0.839. The van der Waals surface area contributed by atoms with Gasteiger partial charge in [-0.1, -0.05) is 67.9 Å². The van der Waals surface area contributed by atoms with Crippen molar-refractivity contribution < 1.29 is 9.53 Å². The number of aromatic nitrogens is 4. The van der Waals surface area contributed by atoms with E-state index in [4.69, 9.17) is 15.5 Å². The molecule has 10 heteroatoms. The number of imidazole rings is 1. The molecule has 2 aromatic heterocycles. The molecule has 0 radical (unpaired) electrons. The van der Waals surface area contributed by atoms with Gasteiger partial charge in [-0.2, -0.15) is 9.97 Å². The molecule has 1 amide bonds. The van der Waals surface area contributed by atoms with Gasteiger partial charge >= 0.3 is 0 Å². The van der Waals surface area contributed by atoms with Crippen LogP contribution >= 0.6 is 0 Å². The summed E-state index contributed by atoms with van der Waals surface area (Å²) >= 11 is 0. The lowest BCUT2D eigenvalue weighted by molar-refractivity contribution is -0.111. The molecule has 0 saturated heterocycles. The first kappa shape index (κ1) is 28.3. The number of nitrogens with zero attached hydrogens (tertiary/aromatic N) is 4. The number of anilines is 5. The number of para-hydroxylation sites is 3. The van der Waals surface area contributed by atoms with Crippen LogP contribution in [0.4, 0.5) is 28.8 Å². The van der Waals surface area contributed by atoms with Crippen LogP contribution in [-0.4, -0.2) is 32.2 Å². The van der Waals surface area contributed by atoms with E-state index in [2.05, 4.69) is 37.4 Å². The Morgan fingerprint density at radius 2 is 1.79 bits per heavy atom. The Morgan fingerprint density at radius 3 is 2.57 bits per heavy atom. The SMILES string of the molecule is CCCCn1cnc2c(Nc3ccccc3)nc(NCOCc3ccc(/C=C/C(=O)Nc4ccccc4N)cc3)nc21. The Labute approximate surface area is 244 Å². The predicted molar refractivity (Wildman–Crippen MR) is 168 cm³/mol. The van der Waals surface area contributed by atoms with E-state index in [1.54, 1.807) is 18.2 Å². The van der Waals surface area contributed by atoms with Crippen molar-refractivity contribution in [2.45, 2.75) is 32.9 Å². The first-order valence-corrected chi connectivity index (χ1v) is 13.9. The van der Waals surface area contributed by atoms with Gasteiger partial charge in [0.15, 0.2) is 17.0 Å². The van der Waals surface area contributed by atoms with Gasteiger partial charge in [-0.25, -0.2) is 4.98 Å². The number of aryl methyl sites for hydroxylation is 1. The van der Waals surface area contributed by atoms with Crippen LogP contribution < -0.4 is 21.7 Å². The molecule has 2 heterocycles. The number of benzene rings is 3. The summed E-state index contributed by atoms with van der Waals surface area (Å²) < 4.78 is 7.91. The summed E-state index contributed by atoms with van der Waals surface area (Å²) in [7, 11) is 0. The maximum absolute atomic E-state index is 12.2. The number of unbranched alkanes of at least 4 members (excludes halogenated alkanes) is 1. The van der Waals surface area contributed by atoms with E-state index in [0.29, 0.717) is 29.7 Å². The van der Waals surface area contributed by atoms with Crippen molar-refractivity contribution in [1.82, 2.24) is 19.5 Å². The lowest BCUT2D eigenvalue weighted by Crippen LogP contribution is -2.11. The van der Waals surface area contributed by atoms with Crippen LogP contribution in [0.5, 0.6) is 0 Å². The van der Waals surface area contributed by atoms with Gasteiger partial charge in [-0.15, -0.1) is 0 Å². The number of rotatable bonds is 13. The summed E-state index contributed by atoms with van der Waals surface area (Å²) in [6, 6.07) is 24.8. The summed E-state index contributed by atoms with van der Waals surface area (Å²) in [6.45, 7) is 3.62. The third-order valence-corrected chi connectivity index (χ3v) is 6.48. The highest BCUT2D eigenvalue weighted by atomic mass is 16.5. The maximum Gasteiger partial charge on any atom is 0.248 e. The minimum Gasteiger partial charge on any atom is -0.397 e. The molecule has 0 aliphatic heterocycles. The molecule has 3 aromatic carbocycles. The van der Waals surface area contributed by atoms with Gasteiger partial charge in [0.2, 0.25) is 11.9 Å². The summed E-state index contributed by atoms with van der Waals surface area (Å²) in [5.41, 5.74) is 11.3. The fourth-order valence-electron chi connectivity index (χ4n) is 4.23. The van der Waals surface area contributed by atoms with Crippen LogP contribution in [0.2, 0.25) is 0 Å². The molecule has 5 rings (SSSR count). The Kier molecular flexibility index (Phi) is 9.38. The first-order valence-electron chi connectivity index (χ1n) is 13.9. The van der Waals surface area contributed by atoms with E-state index >= 15 is 0 Å². The standard InChI is InChI=1S/C32H34N8O2/c1-2-3-19-40-21-34-29-30(36-25-9-5-4-6-10-25)38-32(39-31(29)40)35-22-42-20-24-15-13-23(14-16-24)17-18-28(41)37-27-12-8-7-11-26(27)33/h4-18,21H,2-3,19-20,22,33H2,1H3,(H,37,41)(H2,35,36,38,39)/b18-17+. The molecule has 0 unspecified atom stereocenters. The molecule has 0 saturated carbocycles. The Balaban J connectivity index is 1.17. The lowest BCUT2D eigenvalue weighted by Gasteiger charge is -2.11. The van der Waals surface area contributed by atoms with Crippen LogP contribution in [0.3, 0.4) is 0 Å². The third kappa shape index (κ3) is 7.49. The number of nitrogens with one attached hydrogen (secondary N) is 3. The number of carbonyl (C=O) groups is 1. The van der Waals surface area contributed by atoms with Crippen LogP contribution in [0.15, 0.2) is 91.3 Å². The molecule has 10 nitrogen and oxygen atoms in total. The zero-order valence-corrected chi connectivity index (χ0v) is 23.5. The highest BCUT2D eigenvalue weighted by molar-refractivity contribution is 6.03. The molecule has 5 aromatic rings. The average molecular weight is 563 g/mol. The number of nitrogen functional groups attached to an aromatic ring is 1. The average Bonchev–Trinajstić information content (AvgIpc) is 3.42. The zero-order chi connectivity index (χ0) is 29.1. The summed E-state index contributed by atoms with van der Waals surface area (Å²) in [4.78, 5) is 26.2. The van der Waals surface area contributed by atoms with E-state index in [1.165, 1.54) is 6.08 Å². The van der Waals surface area contributed by atoms with E-state index in [-0.39, 0.29) is 12.6 Å². The van der Waals surface area contributed by atoms with Crippen LogP contribution in [0.25, 0.3) is 17.2 Å². The van der Waals surface area contributed by atoms with E-state index in [1.807, 2.05) is 73.1 Å². The van der Waals surface area contributed by atoms with Crippen LogP contribution in [-0.2, 0) is 22.7 Å². The molecule has 0 aliphatic rings.